The van der Waals surface area contributed by atoms with Gasteiger partial charge in [-0.15, -0.1) is 0 Å². The maximum Gasteiger partial charge on any atom is 0.326 e. The number of allylic oxidation sites excluding steroid dienone is 2. The highest BCUT2D eigenvalue weighted by Crippen LogP contribution is 2.34. The molecule has 9 heteroatoms. The van der Waals surface area contributed by atoms with Gasteiger partial charge in [-0.2, -0.15) is 0 Å². The molecule has 0 radical (unpaired) electrons. The Hall–Kier alpha value is -2.74. The van der Waals surface area contributed by atoms with Crippen molar-refractivity contribution >= 4 is 41.0 Å². The number of fused-ring (bicyclic) bond motifs is 1. The third-order valence-electron chi connectivity index (χ3n) is 4.75. The Labute approximate surface area is 165 Å². The summed E-state index contributed by atoms with van der Waals surface area (Å²) in [4.78, 5) is 49.9. The fourth-order valence-corrected chi connectivity index (χ4v) is 3.48. The van der Waals surface area contributed by atoms with Crippen LogP contribution in [0.4, 0.5) is 10.1 Å². The van der Waals surface area contributed by atoms with Gasteiger partial charge in [0.1, 0.15) is 12.4 Å². The lowest BCUT2D eigenvalue weighted by Gasteiger charge is -2.17. The second-order valence-corrected chi connectivity index (χ2v) is 7.07. The largest absolute Gasteiger partial charge is 0.451 e. The smallest absolute Gasteiger partial charge is 0.326 e. The summed E-state index contributed by atoms with van der Waals surface area (Å²) in [6, 6.07) is 3.44. The molecule has 0 spiro atoms. The SMILES string of the molecule is CC(OC(=O)CN1C(=O)C2CC=CCC2C1=O)C(=O)Nc1ccc(F)cc1Cl. The Morgan fingerprint density at radius 3 is 2.43 bits per heavy atom. The van der Waals surface area contributed by atoms with Crippen molar-refractivity contribution in [2.45, 2.75) is 25.9 Å². The summed E-state index contributed by atoms with van der Waals surface area (Å²) in [5.41, 5.74) is 0.164. The molecule has 3 unspecified atom stereocenters. The van der Waals surface area contributed by atoms with Gasteiger partial charge in [-0.3, -0.25) is 24.1 Å². The number of esters is 1. The quantitative estimate of drug-likeness (QED) is 0.458. The molecule has 1 saturated heterocycles. The van der Waals surface area contributed by atoms with Crippen LogP contribution in [0.25, 0.3) is 0 Å². The molecule has 148 valence electrons. The molecule has 28 heavy (non-hydrogen) atoms. The third-order valence-corrected chi connectivity index (χ3v) is 5.07. The molecule has 1 aromatic carbocycles. The minimum Gasteiger partial charge on any atom is -0.451 e. The van der Waals surface area contributed by atoms with E-state index >= 15 is 0 Å². The van der Waals surface area contributed by atoms with E-state index in [-0.39, 0.29) is 10.7 Å². The number of carbonyl (C=O) groups is 4. The van der Waals surface area contributed by atoms with E-state index in [1.165, 1.54) is 13.0 Å². The number of ether oxygens (including phenoxy) is 1. The van der Waals surface area contributed by atoms with Gasteiger partial charge in [0.25, 0.3) is 5.91 Å². The molecular formula is C19H18ClFN2O5. The number of benzene rings is 1. The third kappa shape index (κ3) is 4.06. The number of nitrogens with zero attached hydrogens (tertiary/aromatic N) is 1. The first-order valence-corrected chi connectivity index (χ1v) is 9.11. The van der Waals surface area contributed by atoms with Crippen molar-refractivity contribution in [1.29, 1.82) is 0 Å². The molecule has 7 nitrogen and oxygen atoms in total. The zero-order valence-electron chi connectivity index (χ0n) is 15.0. The van der Waals surface area contributed by atoms with Gasteiger partial charge in [-0.05, 0) is 38.0 Å². The van der Waals surface area contributed by atoms with E-state index in [1.807, 2.05) is 12.2 Å². The van der Waals surface area contributed by atoms with Gasteiger partial charge in [-0.1, -0.05) is 23.8 Å². The minimum absolute atomic E-state index is 0.00338. The average molecular weight is 409 g/mol. The fourth-order valence-electron chi connectivity index (χ4n) is 3.27. The molecule has 2 aliphatic rings. The van der Waals surface area contributed by atoms with Crippen molar-refractivity contribution in [3.05, 3.63) is 41.2 Å². The van der Waals surface area contributed by atoms with Gasteiger partial charge in [0.2, 0.25) is 11.8 Å². The number of hydrogen-bond donors (Lipinski definition) is 1. The Morgan fingerprint density at radius 1 is 1.25 bits per heavy atom. The van der Waals surface area contributed by atoms with Crippen LogP contribution in [0.3, 0.4) is 0 Å². The van der Waals surface area contributed by atoms with E-state index in [2.05, 4.69) is 5.32 Å². The summed E-state index contributed by atoms with van der Waals surface area (Å²) in [5.74, 6) is -3.78. The Morgan fingerprint density at radius 2 is 1.86 bits per heavy atom. The van der Waals surface area contributed by atoms with Crippen LogP contribution in [0.1, 0.15) is 19.8 Å². The lowest BCUT2D eigenvalue weighted by atomic mass is 9.85. The molecule has 1 aromatic rings. The number of amides is 3. The normalized spacial score (nSPS) is 22.0. The Kier molecular flexibility index (Phi) is 5.79. The summed E-state index contributed by atoms with van der Waals surface area (Å²) >= 11 is 5.84. The number of hydrogen-bond acceptors (Lipinski definition) is 5. The van der Waals surface area contributed by atoms with Crippen LogP contribution in [0, 0.1) is 17.7 Å². The molecule has 3 amide bonds. The fraction of sp³-hybridized carbons (Fsp3) is 0.368. The molecule has 1 heterocycles. The zero-order chi connectivity index (χ0) is 20.4. The van der Waals surface area contributed by atoms with E-state index in [4.69, 9.17) is 16.3 Å². The first kappa shape index (κ1) is 20.0. The summed E-state index contributed by atoms with van der Waals surface area (Å²) in [6.07, 6.45) is 3.43. The highest BCUT2D eigenvalue weighted by molar-refractivity contribution is 6.33. The second-order valence-electron chi connectivity index (χ2n) is 6.66. The predicted octanol–water partition coefficient (Wildman–Crippen LogP) is 2.30. The highest BCUT2D eigenvalue weighted by Gasteiger charge is 2.47. The van der Waals surface area contributed by atoms with Crippen molar-refractivity contribution in [3.8, 4) is 0 Å². The Balaban J connectivity index is 1.56. The van der Waals surface area contributed by atoms with E-state index in [0.29, 0.717) is 12.8 Å². The number of likely N-dealkylation sites (tertiary alicyclic amines) is 1. The summed E-state index contributed by atoms with van der Waals surface area (Å²) in [7, 11) is 0. The standard InChI is InChI=1S/C19H18ClFN2O5/c1-10(17(25)22-15-7-6-11(21)8-14(15)20)28-16(24)9-23-18(26)12-4-2-3-5-13(12)19(23)27/h2-3,6-8,10,12-13H,4-5,9H2,1H3,(H,22,25). The van der Waals surface area contributed by atoms with E-state index in [1.54, 1.807) is 0 Å². The second kappa shape index (κ2) is 8.10. The van der Waals surface area contributed by atoms with Gasteiger partial charge < -0.3 is 10.1 Å². The molecule has 0 aromatic heterocycles. The van der Waals surface area contributed by atoms with Gasteiger partial charge in [0.15, 0.2) is 6.10 Å². The van der Waals surface area contributed by atoms with Crippen LogP contribution in [0.5, 0.6) is 0 Å². The van der Waals surface area contributed by atoms with Gasteiger partial charge in [0.05, 0.1) is 22.5 Å². The lowest BCUT2D eigenvalue weighted by molar-refractivity contribution is -0.158. The average Bonchev–Trinajstić information content (AvgIpc) is 2.89. The molecule has 0 saturated carbocycles. The minimum atomic E-state index is -1.20. The van der Waals surface area contributed by atoms with Gasteiger partial charge >= 0.3 is 5.97 Å². The van der Waals surface area contributed by atoms with Crippen molar-refractivity contribution in [2.75, 3.05) is 11.9 Å². The maximum atomic E-state index is 13.1. The van der Waals surface area contributed by atoms with Crippen molar-refractivity contribution in [2.24, 2.45) is 11.8 Å². The van der Waals surface area contributed by atoms with E-state index in [0.717, 1.165) is 17.0 Å². The van der Waals surface area contributed by atoms with Crippen LogP contribution < -0.4 is 5.32 Å². The number of carbonyl (C=O) groups excluding carboxylic acids is 4. The number of halogens is 2. The van der Waals surface area contributed by atoms with Crippen LogP contribution in [0.2, 0.25) is 5.02 Å². The molecule has 3 rings (SSSR count). The van der Waals surface area contributed by atoms with Crippen molar-refractivity contribution < 1.29 is 28.3 Å². The van der Waals surface area contributed by atoms with Gasteiger partial charge in [-0.25, -0.2) is 4.39 Å². The van der Waals surface area contributed by atoms with Crippen LogP contribution in [-0.4, -0.2) is 41.2 Å². The zero-order valence-corrected chi connectivity index (χ0v) is 15.7. The summed E-state index contributed by atoms with van der Waals surface area (Å²) in [5, 5.41) is 2.42. The lowest BCUT2D eigenvalue weighted by Crippen LogP contribution is -2.39. The number of rotatable bonds is 5. The number of nitrogens with one attached hydrogen (secondary N) is 1. The molecule has 1 fully saturated rings. The molecule has 1 aliphatic carbocycles. The monoisotopic (exact) mass is 408 g/mol. The maximum absolute atomic E-state index is 13.1. The molecular weight excluding hydrogens is 391 g/mol. The summed E-state index contributed by atoms with van der Waals surface area (Å²) in [6.45, 7) is 0.793. The van der Waals surface area contributed by atoms with Crippen molar-refractivity contribution in [1.82, 2.24) is 4.90 Å². The van der Waals surface area contributed by atoms with Gasteiger partial charge in [0, 0.05) is 0 Å². The number of anilines is 1. The molecule has 0 bridgehead atoms. The highest BCUT2D eigenvalue weighted by atomic mass is 35.5. The topological polar surface area (TPSA) is 92.8 Å². The van der Waals surface area contributed by atoms with Crippen molar-refractivity contribution in [3.63, 3.8) is 0 Å². The Bertz CT molecular complexity index is 846. The first-order valence-electron chi connectivity index (χ1n) is 8.73. The van der Waals surface area contributed by atoms with Crippen LogP contribution in [-0.2, 0) is 23.9 Å². The van der Waals surface area contributed by atoms with Crippen LogP contribution in [0.15, 0.2) is 30.4 Å². The van der Waals surface area contributed by atoms with Crippen LogP contribution >= 0.6 is 11.6 Å². The van der Waals surface area contributed by atoms with E-state index in [9.17, 15) is 23.6 Å². The van der Waals surface area contributed by atoms with E-state index < -0.39 is 54.0 Å². The first-order chi connectivity index (χ1) is 13.3. The molecule has 1 aliphatic heterocycles. The molecule has 1 N–H and O–H groups in total. The summed E-state index contributed by atoms with van der Waals surface area (Å²) < 4.78 is 18.1. The molecule has 3 atom stereocenters. The number of imide groups is 1. The predicted molar refractivity (Wildman–Crippen MR) is 97.7 cm³/mol.